The van der Waals surface area contributed by atoms with Crippen LogP contribution in [0.1, 0.15) is 0 Å². The maximum absolute atomic E-state index is 13.2. The van der Waals surface area contributed by atoms with Crippen molar-refractivity contribution in [3.63, 3.8) is 0 Å². The normalized spacial score (nSPS) is 11.1. The summed E-state index contributed by atoms with van der Waals surface area (Å²) in [7, 11) is 0. The lowest BCUT2D eigenvalue weighted by Gasteiger charge is -2.05. The van der Waals surface area contributed by atoms with Crippen LogP contribution in [0.2, 0.25) is 5.02 Å². The van der Waals surface area contributed by atoms with Gasteiger partial charge >= 0.3 is 0 Å². The van der Waals surface area contributed by atoms with Crippen molar-refractivity contribution < 1.29 is 4.39 Å². The summed E-state index contributed by atoms with van der Waals surface area (Å²) in [5.74, 6) is -0.446. The Balaban J connectivity index is 2.35. The van der Waals surface area contributed by atoms with Gasteiger partial charge in [-0.3, -0.25) is 4.57 Å². The van der Waals surface area contributed by atoms with E-state index in [0.29, 0.717) is 4.77 Å². The first-order valence-corrected chi connectivity index (χ1v) is 7.00. The van der Waals surface area contributed by atoms with E-state index >= 15 is 0 Å². The van der Waals surface area contributed by atoms with Crippen LogP contribution in [0.3, 0.4) is 0 Å². The van der Waals surface area contributed by atoms with Crippen LogP contribution < -0.4 is 0 Å². The van der Waals surface area contributed by atoms with Gasteiger partial charge in [-0.25, -0.2) is 4.39 Å². The van der Waals surface area contributed by atoms with E-state index in [-0.39, 0.29) is 5.02 Å². The highest BCUT2D eigenvalue weighted by molar-refractivity contribution is 9.10. The fourth-order valence-corrected chi connectivity index (χ4v) is 2.79. The van der Waals surface area contributed by atoms with Crippen molar-refractivity contribution in [1.82, 2.24) is 9.55 Å². The SMILES string of the molecule is Fc1ccc(-n2c(=S)[nH]c3ccc(Br)cc32)cc1Cl. The Bertz CT molecular complexity index is 840. The zero-order valence-electron chi connectivity index (χ0n) is 9.45. The topological polar surface area (TPSA) is 20.7 Å². The molecule has 0 amide bonds. The van der Waals surface area contributed by atoms with Gasteiger partial charge in [0.15, 0.2) is 4.77 Å². The van der Waals surface area contributed by atoms with Gasteiger partial charge in [-0.1, -0.05) is 27.5 Å². The van der Waals surface area contributed by atoms with Gasteiger partial charge in [0, 0.05) is 4.47 Å². The third-order valence-corrected chi connectivity index (χ3v) is 3.87. The van der Waals surface area contributed by atoms with Crippen LogP contribution in [0.15, 0.2) is 40.9 Å². The Morgan fingerprint density at radius 2 is 2.00 bits per heavy atom. The van der Waals surface area contributed by atoms with Crippen molar-refractivity contribution in [2.45, 2.75) is 0 Å². The number of imidazole rings is 1. The molecule has 2 nitrogen and oxygen atoms in total. The molecule has 0 saturated carbocycles. The number of nitrogens with zero attached hydrogens (tertiary/aromatic N) is 1. The molecule has 0 aliphatic rings. The molecule has 1 heterocycles. The van der Waals surface area contributed by atoms with Crippen molar-refractivity contribution in [3.8, 4) is 5.69 Å². The molecule has 1 aromatic heterocycles. The maximum atomic E-state index is 13.2. The van der Waals surface area contributed by atoms with E-state index in [0.717, 1.165) is 21.2 Å². The van der Waals surface area contributed by atoms with Crippen molar-refractivity contribution in [3.05, 3.63) is 56.5 Å². The number of hydrogen-bond acceptors (Lipinski definition) is 1. The molecule has 0 spiro atoms. The first kappa shape index (κ1) is 12.8. The lowest BCUT2D eigenvalue weighted by molar-refractivity contribution is 0.628. The van der Waals surface area contributed by atoms with E-state index in [4.69, 9.17) is 23.8 Å². The molecule has 0 unspecified atom stereocenters. The summed E-state index contributed by atoms with van der Waals surface area (Å²) < 4.78 is 16.5. The average molecular weight is 358 g/mol. The van der Waals surface area contributed by atoms with Gasteiger partial charge in [0.25, 0.3) is 0 Å². The zero-order valence-corrected chi connectivity index (χ0v) is 12.6. The van der Waals surface area contributed by atoms with Gasteiger partial charge in [-0.15, -0.1) is 0 Å². The molecular formula is C13H7BrClFN2S. The molecule has 0 bridgehead atoms. The molecule has 0 saturated heterocycles. The lowest BCUT2D eigenvalue weighted by Crippen LogP contribution is -1.94. The number of benzene rings is 2. The minimum Gasteiger partial charge on any atom is -0.330 e. The van der Waals surface area contributed by atoms with Gasteiger partial charge in [0.05, 0.1) is 21.7 Å². The number of fused-ring (bicyclic) bond motifs is 1. The highest BCUT2D eigenvalue weighted by atomic mass is 79.9. The van der Waals surface area contributed by atoms with E-state index in [9.17, 15) is 4.39 Å². The number of halogens is 3. The third kappa shape index (κ3) is 2.22. The zero-order chi connectivity index (χ0) is 13.6. The molecule has 3 rings (SSSR count). The Hall–Kier alpha value is -1.17. The number of H-pyrrole nitrogens is 1. The molecule has 0 aliphatic heterocycles. The first-order valence-electron chi connectivity index (χ1n) is 5.42. The van der Waals surface area contributed by atoms with Crippen LogP contribution in [-0.4, -0.2) is 9.55 Å². The molecule has 0 atom stereocenters. The minimum atomic E-state index is -0.446. The number of hydrogen-bond donors (Lipinski definition) is 1. The Labute approximate surface area is 127 Å². The summed E-state index contributed by atoms with van der Waals surface area (Å²) in [5, 5.41) is 0.0729. The lowest BCUT2D eigenvalue weighted by atomic mass is 10.2. The molecule has 6 heteroatoms. The molecule has 0 radical (unpaired) electrons. The van der Waals surface area contributed by atoms with E-state index < -0.39 is 5.82 Å². The fourth-order valence-electron chi connectivity index (χ4n) is 1.96. The summed E-state index contributed by atoms with van der Waals surface area (Å²) in [4.78, 5) is 3.11. The van der Waals surface area contributed by atoms with E-state index in [1.165, 1.54) is 6.07 Å². The first-order chi connectivity index (χ1) is 9.06. The predicted molar refractivity (Wildman–Crippen MR) is 81.1 cm³/mol. The van der Waals surface area contributed by atoms with E-state index in [1.54, 1.807) is 12.1 Å². The number of nitrogens with one attached hydrogen (secondary N) is 1. The van der Waals surface area contributed by atoms with Gasteiger partial charge in [-0.2, -0.15) is 0 Å². The summed E-state index contributed by atoms with van der Waals surface area (Å²) in [6.07, 6.45) is 0. The van der Waals surface area contributed by atoms with Gasteiger partial charge in [-0.05, 0) is 48.6 Å². The van der Waals surface area contributed by atoms with Crippen LogP contribution >= 0.6 is 39.7 Å². The van der Waals surface area contributed by atoms with Gasteiger partial charge < -0.3 is 4.98 Å². The Morgan fingerprint density at radius 3 is 2.74 bits per heavy atom. The summed E-state index contributed by atoms with van der Waals surface area (Å²) in [6, 6.07) is 10.3. The summed E-state index contributed by atoms with van der Waals surface area (Å²) in [5.41, 5.74) is 2.54. The summed E-state index contributed by atoms with van der Waals surface area (Å²) in [6.45, 7) is 0. The van der Waals surface area contributed by atoms with Crippen molar-refractivity contribution in [1.29, 1.82) is 0 Å². The summed E-state index contributed by atoms with van der Waals surface area (Å²) >= 11 is 14.6. The largest absolute Gasteiger partial charge is 0.330 e. The average Bonchev–Trinajstić information content (AvgIpc) is 2.68. The van der Waals surface area contributed by atoms with E-state index in [2.05, 4.69) is 20.9 Å². The quantitative estimate of drug-likeness (QED) is 0.590. The molecule has 0 aliphatic carbocycles. The van der Waals surface area contributed by atoms with Crippen LogP contribution in [-0.2, 0) is 0 Å². The monoisotopic (exact) mass is 356 g/mol. The number of aromatic amines is 1. The molecule has 3 aromatic rings. The fraction of sp³-hybridized carbons (Fsp3) is 0. The van der Waals surface area contributed by atoms with Crippen LogP contribution in [0.4, 0.5) is 4.39 Å². The minimum absolute atomic E-state index is 0.0729. The highest BCUT2D eigenvalue weighted by Gasteiger charge is 2.09. The van der Waals surface area contributed by atoms with Crippen molar-refractivity contribution in [2.24, 2.45) is 0 Å². The van der Waals surface area contributed by atoms with Crippen LogP contribution in [0, 0.1) is 10.6 Å². The molecule has 0 fully saturated rings. The molecule has 19 heavy (non-hydrogen) atoms. The Kier molecular flexibility index (Phi) is 3.20. The molecular weight excluding hydrogens is 351 g/mol. The smallest absolute Gasteiger partial charge is 0.182 e. The Morgan fingerprint density at radius 1 is 1.21 bits per heavy atom. The van der Waals surface area contributed by atoms with Gasteiger partial charge in [0.2, 0.25) is 0 Å². The standard InChI is InChI=1S/C13H7BrClFN2S/c14-7-1-4-11-12(5-7)18(13(19)17-11)8-2-3-10(16)9(15)6-8/h1-6H,(H,17,19). The second-order valence-electron chi connectivity index (χ2n) is 4.03. The van der Waals surface area contributed by atoms with E-state index in [1.807, 2.05) is 22.8 Å². The number of rotatable bonds is 1. The van der Waals surface area contributed by atoms with Crippen LogP contribution in [0.25, 0.3) is 16.7 Å². The second-order valence-corrected chi connectivity index (χ2v) is 5.74. The van der Waals surface area contributed by atoms with Gasteiger partial charge in [0.1, 0.15) is 5.82 Å². The molecule has 96 valence electrons. The van der Waals surface area contributed by atoms with Crippen molar-refractivity contribution >= 4 is 50.8 Å². The second kappa shape index (κ2) is 4.74. The van der Waals surface area contributed by atoms with Crippen molar-refractivity contribution in [2.75, 3.05) is 0 Å². The maximum Gasteiger partial charge on any atom is 0.182 e. The molecule has 1 N–H and O–H groups in total. The predicted octanol–water partition coefficient (Wildman–Crippen LogP) is 5.24. The molecule has 2 aromatic carbocycles. The highest BCUT2D eigenvalue weighted by Crippen LogP contribution is 2.25. The third-order valence-electron chi connectivity index (χ3n) is 2.81. The van der Waals surface area contributed by atoms with Crippen LogP contribution in [0.5, 0.6) is 0 Å². The number of aromatic nitrogens is 2.